The molecule has 0 fully saturated rings. The Morgan fingerprint density at radius 2 is 2.21 bits per heavy atom. The Morgan fingerprint density at radius 3 is 2.79 bits per heavy atom. The summed E-state index contributed by atoms with van der Waals surface area (Å²) in [5, 5.41) is 11.5. The molecule has 0 unspecified atom stereocenters. The van der Waals surface area contributed by atoms with Gasteiger partial charge >= 0.3 is 0 Å². The Balaban J connectivity index is 2.63. The molecule has 0 radical (unpaired) electrons. The van der Waals surface area contributed by atoms with Crippen LogP contribution in [0.1, 0.15) is 25.8 Å². The normalized spacial score (nSPS) is 12.4. The number of hydrogen-bond acceptors (Lipinski definition) is 3. The maximum absolute atomic E-state index is 13.2. The summed E-state index contributed by atoms with van der Waals surface area (Å²) < 4.78 is 13.2. The third kappa shape index (κ3) is 6.20. The van der Waals surface area contributed by atoms with Crippen molar-refractivity contribution in [3.63, 3.8) is 0 Å². The van der Waals surface area contributed by atoms with Crippen LogP contribution in [0.25, 0.3) is 0 Å². The fraction of sp³-hybridized carbons (Fsp3) is 0.500. The second kappa shape index (κ2) is 7.74. The standard InChI is InChI=1S/C14H22FN3O/c1-11(2)9-18(7-6-14(16)17-19)10-12-4-3-5-13(15)8-12/h3-5,8,11,19H,6-7,9-10H2,1-2H3,(H2,16,17). The minimum Gasteiger partial charge on any atom is -0.409 e. The van der Waals surface area contributed by atoms with Gasteiger partial charge in [-0.15, -0.1) is 0 Å². The zero-order valence-electron chi connectivity index (χ0n) is 11.5. The summed E-state index contributed by atoms with van der Waals surface area (Å²) in [5.41, 5.74) is 6.41. The van der Waals surface area contributed by atoms with Crippen LogP contribution in [0, 0.1) is 11.7 Å². The van der Waals surface area contributed by atoms with Crippen LogP contribution in [0.5, 0.6) is 0 Å². The van der Waals surface area contributed by atoms with E-state index in [4.69, 9.17) is 10.9 Å². The van der Waals surface area contributed by atoms with Gasteiger partial charge in [-0.05, 0) is 23.6 Å². The second-order valence-corrected chi connectivity index (χ2v) is 5.10. The lowest BCUT2D eigenvalue weighted by atomic mass is 10.1. The fourth-order valence-corrected chi connectivity index (χ4v) is 1.97. The Morgan fingerprint density at radius 1 is 1.47 bits per heavy atom. The number of nitrogens with zero attached hydrogens (tertiary/aromatic N) is 2. The molecule has 19 heavy (non-hydrogen) atoms. The van der Waals surface area contributed by atoms with Gasteiger partial charge in [-0.1, -0.05) is 31.1 Å². The predicted molar refractivity (Wildman–Crippen MR) is 74.5 cm³/mol. The summed E-state index contributed by atoms with van der Waals surface area (Å²) in [4.78, 5) is 2.18. The lowest BCUT2D eigenvalue weighted by Crippen LogP contribution is -2.31. The van der Waals surface area contributed by atoms with E-state index >= 15 is 0 Å². The van der Waals surface area contributed by atoms with Gasteiger partial charge in [0, 0.05) is 26.1 Å². The molecule has 3 N–H and O–H groups in total. The van der Waals surface area contributed by atoms with E-state index in [9.17, 15) is 4.39 Å². The first-order chi connectivity index (χ1) is 9.01. The van der Waals surface area contributed by atoms with Gasteiger partial charge in [0.2, 0.25) is 0 Å². The van der Waals surface area contributed by atoms with Crippen LogP contribution in [0.2, 0.25) is 0 Å². The zero-order chi connectivity index (χ0) is 14.3. The largest absolute Gasteiger partial charge is 0.409 e. The van der Waals surface area contributed by atoms with Crippen molar-refractivity contribution in [3.8, 4) is 0 Å². The number of amidine groups is 1. The van der Waals surface area contributed by atoms with Crippen LogP contribution in [0.3, 0.4) is 0 Å². The number of halogens is 1. The second-order valence-electron chi connectivity index (χ2n) is 5.10. The van der Waals surface area contributed by atoms with E-state index in [1.165, 1.54) is 12.1 Å². The van der Waals surface area contributed by atoms with Gasteiger partial charge in [0.1, 0.15) is 11.7 Å². The molecule has 0 bridgehead atoms. The molecule has 0 saturated carbocycles. The number of nitrogens with two attached hydrogens (primary N) is 1. The van der Waals surface area contributed by atoms with Crippen molar-refractivity contribution in [1.82, 2.24) is 4.90 Å². The third-order valence-electron chi connectivity index (χ3n) is 2.73. The molecule has 0 atom stereocenters. The monoisotopic (exact) mass is 267 g/mol. The zero-order valence-corrected chi connectivity index (χ0v) is 11.5. The van der Waals surface area contributed by atoms with Gasteiger partial charge in [0.15, 0.2) is 0 Å². The molecule has 1 rings (SSSR count). The molecule has 0 aliphatic carbocycles. The van der Waals surface area contributed by atoms with Gasteiger partial charge in [0.05, 0.1) is 0 Å². The Labute approximate surface area is 113 Å². The first kappa shape index (κ1) is 15.4. The molecule has 5 heteroatoms. The van der Waals surface area contributed by atoms with E-state index in [1.54, 1.807) is 6.07 Å². The minimum absolute atomic E-state index is 0.216. The topological polar surface area (TPSA) is 61.8 Å². The van der Waals surface area contributed by atoms with Gasteiger partial charge in [-0.2, -0.15) is 0 Å². The van der Waals surface area contributed by atoms with E-state index in [2.05, 4.69) is 23.9 Å². The van der Waals surface area contributed by atoms with Gasteiger partial charge in [-0.3, -0.25) is 4.90 Å². The van der Waals surface area contributed by atoms with Crippen LogP contribution in [-0.2, 0) is 6.54 Å². The van der Waals surface area contributed by atoms with Crippen molar-refractivity contribution in [3.05, 3.63) is 35.6 Å². The SMILES string of the molecule is CC(C)CN(CCC(N)=NO)Cc1cccc(F)c1. The van der Waals surface area contributed by atoms with Gasteiger partial charge in [0.25, 0.3) is 0 Å². The van der Waals surface area contributed by atoms with Crippen LogP contribution in [-0.4, -0.2) is 29.0 Å². The highest BCUT2D eigenvalue weighted by atomic mass is 19.1. The van der Waals surface area contributed by atoms with Crippen molar-refractivity contribution in [2.45, 2.75) is 26.8 Å². The first-order valence-corrected chi connectivity index (χ1v) is 6.44. The van der Waals surface area contributed by atoms with Gasteiger partial charge in [-0.25, -0.2) is 4.39 Å². The summed E-state index contributed by atoms with van der Waals surface area (Å²) in [7, 11) is 0. The highest BCUT2D eigenvalue weighted by molar-refractivity contribution is 5.79. The van der Waals surface area contributed by atoms with Crippen molar-refractivity contribution in [2.75, 3.05) is 13.1 Å². The van der Waals surface area contributed by atoms with Crippen LogP contribution < -0.4 is 5.73 Å². The summed E-state index contributed by atoms with van der Waals surface area (Å²) in [6, 6.07) is 6.59. The summed E-state index contributed by atoms with van der Waals surface area (Å²) in [5.74, 6) is 0.493. The lowest BCUT2D eigenvalue weighted by molar-refractivity contribution is 0.240. The van der Waals surface area contributed by atoms with Crippen molar-refractivity contribution >= 4 is 5.84 Å². The van der Waals surface area contributed by atoms with Gasteiger partial charge < -0.3 is 10.9 Å². The molecule has 0 aromatic heterocycles. The molecular formula is C14H22FN3O. The number of rotatable bonds is 7. The number of oxime groups is 1. The molecule has 1 aromatic carbocycles. The molecule has 0 amide bonds. The molecule has 0 heterocycles. The van der Waals surface area contributed by atoms with E-state index in [-0.39, 0.29) is 11.7 Å². The molecular weight excluding hydrogens is 245 g/mol. The van der Waals surface area contributed by atoms with Crippen molar-refractivity contribution in [1.29, 1.82) is 0 Å². The van der Waals surface area contributed by atoms with Crippen LogP contribution in [0.4, 0.5) is 4.39 Å². The predicted octanol–water partition coefficient (Wildman–Crippen LogP) is 2.42. The average Bonchev–Trinajstić information content (AvgIpc) is 2.35. The number of hydrogen-bond donors (Lipinski definition) is 2. The Hall–Kier alpha value is -1.62. The highest BCUT2D eigenvalue weighted by Crippen LogP contribution is 2.10. The van der Waals surface area contributed by atoms with E-state index in [0.29, 0.717) is 25.4 Å². The molecule has 0 spiro atoms. The smallest absolute Gasteiger partial charge is 0.140 e. The Kier molecular flexibility index (Phi) is 6.29. The maximum Gasteiger partial charge on any atom is 0.140 e. The molecule has 0 aliphatic rings. The molecule has 0 saturated heterocycles. The summed E-state index contributed by atoms with van der Waals surface area (Å²) >= 11 is 0. The lowest BCUT2D eigenvalue weighted by Gasteiger charge is -2.24. The fourth-order valence-electron chi connectivity index (χ4n) is 1.97. The van der Waals surface area contributed by atoms with Crippen LogP contribution in [0.15, 0.2) is 29.4 Å². The van der Waals surface area contributed by atoms with E-state index in [1.807, 2.05) is 6.07 Å². The van der Waals surface area contributed by atoms with Crippen LogP contribution >= 0.6 is 0 Å². The summed E-state index contributed by atoms with van der Waals surface area (Å²) in [6.07, 6.45) is 0.499. The molecule has 106 valence electrons. The van der Waals surface area contributed by atoms with E-state index in [0.717, 1.165) is 12.1 Å². The van der Waals surface area contributed by atoms with Crippen molar-refractivity contribution < 1.29 is 9.60 Å². The molecule has 0 aliphatic heterocycles. The molecule has 1 aromatic rings. The first-order valence-electron chi connectivity index (χ1n) is 6.44. The average molecular weight is 267 g/mol. The Bertz CT molecular complexity index is 421. The highest BCUT2D eigenvalue weighted by Gasteiger charge is 2.09. The van der Waals surface area contributed by atoms with E-state index < -0.39 is 0 Å². The quantitative estimate of drug-likeness (QED) is 0.345. The summed E-state index contributed by atoms with van der Waals surface area (Å²) in [6.45, 7) is 6.48. The maximum atomic E-state index is 13.2. The van der Waals surface area contributed by atoms with Crippen molar-refractivity contribution in [2.24, 2.45) is 16.8 Å². The third-order valence-corrected chi connectivity index (χ3v) is 2.73. The number of benzene rings is 1. The molecule has 4 nitrogen and oxygen atoms in total. The minimum atomic E-state index is -0.224.